The predicted octanol–water partition coefficient (Wildman–Crippen LogP) is 3.52. The Bertz CT molecular complexity index is 940. The van der Waals surface area contributed by atoms with Crippen LogP contribution in [0.3, 0.4) is 0 Å². The van der Waals surface area contributed by atoms with Crippen LogP contribution < -0.4 is 4.90 Å². The number of hydrogen-bond donors (Lipinski definition) is 2. The van der Waals surface area contributed by atoms with Gasteiger partial charge in [-0.2, -0.15) is 0 Å². The van der Waals surface area contributed by atoms with E-state index < -0.39 is 0 Å². The third-order valence-corrected chi connectivity index (χ3v) is 4.84. The van der Waals surface area contributed by atoms with Crippen molar-refractivity contribution in [2.24, 2.45) is 4.99 Å². The number of aromatic hydroxyl groups is 1. The van der Waals surface area contributed by atoms with Crippen molar-refractivity contribution >= 4 is 28.5 Å². The number of halogens is 1. The molecule has 1 aliphatic heterocycles. The number of H-pyrrole nitrogens is 1. The number of aromatic nitrogens is 1. The zero-order chi connectivity index (χ0) is 18.1. The fraction of sp³-hybridized carbons (Fsp3) is 0.250. The van der Waals surface area contributed by atoms with Gasteiger partial charge in [-0.05, 0) is 49.5 Å². The molecule has 0 spiro atoms. The predicted molar refractivity (Wildman–Crippen MR) is 103 cm³/mol. The molecule has 6 heteroatoms. The van der Waals surface area contributed by atoms with Gasteiger partial charge in [-0.25, -0.2) is 4.39 Å². The van der Waals surface area contributed by atoms with Crippen LogP contribution in [0.4, 0.5) is 15.8 Å². The molecular formula is C20H21FN4O. The highest BCUT2D eigenvalue weighted by atomic mass is 19.1. The molecule has 2 N–H and O–H groups in total. The Hall–Kier alpha value is -2.86. The van der Waals surface area contributed by atoms with Gasteiger partial charge in [0.25, 0.3) is 0 Å². The van der Waals surface area contributed by atoms with Gasteiger partial charge in [0.1, 0.15) is 5.82 Å². The third-order valence-electron chi connectivity index (χ3n) is 4.84. The first kappa shape index (κ1) is 16.6. The van der Waals surface area contributed by atoms with Crippen molar-refractivity contribution in [3.63, 3.8) is 0 Å². The number of aliphatic imine (C=N–C) groups is 1. The van der Waals surface area contributed by atoms with Crippen LogP contribution in [0.25, 0.3) is 10.9 Å². The van der Waals surface area contributed by atoms with Gasteiger partial charge in [0, 0.05) is 49.0 Å². The number of rotatable bonds is 3. The molecule has 3 aromatic rings. The molecule has 4 rings (SSSR count). The van der Waals surface area contributed by atoms with Gasteiger partial charge in [-0.3, -0.25) is 4.99 Å². The van der Waals surface area contributed by atoms with Gasteiger partial charge in [0.05, 0.1) is 11.3 Å². The van der Waals surface area contributed by atoms with Crippen LogP contribution in [-0.4, -0.2) is 54.4 Å². The summed E-state index contributed by atoms with van der Waals surface area (Å²) in [7, 11) is 2.14. The number of aromatic amines is 1. The molecule has 26 heavy (non-hydrogen) atoms. The van der Waals surface area contributed by atoms with Gasteiger partial charge in [0.15, 0.2) is 5.88 Å². The minimum Gasteiger partial charge on any atom is -0.494 e. The Morgan fingerprint density at radius 3 is 2.54 bits per heavy atom. The van der Waals surface area contributed by atoms with E-state index in [0.29, 0.717) is 16.5 Å². The van der Waals surface area contributed by atoms with Gasteiger partial charge in [-0.1, -0.05) is 0 Å². The minimum atomic E-state index is -0.345. The number of benzene rings is 2. The minimum absolute atomic E-state index is 0.0107. The number of hydrogen-bond acceptors (Lipinski definition) is 4. The number of piperazine rings is 1. The van der Waals surface area contributed by atoms with E-state index in [4.69, 9.17) is 0 Å². The quantitative estimate of drug-likeness (QED) is 0.709. The average molecular weight is 352 g/mol. The Kier molecular flexibility index (Phi) is 4.34. The summed E-state index contributed by atoms with van der Waals surface area (Å²) in [5.41, 5.74) is 3.14. The van der Waals surface area contributed by atoms with E-state index in [1.807, 2.05) is 12.1 Å². The molecular weight excluding hydrogens is 331 g/mol. The summed E-state index contributed by atoms with van der Waals surface area (Å²) in [5, 5.41) is 10.7. The summed E-state index contributed by atoms with van der Waals surface area (Å²) < 4.78 is 13.5. The zero-order valence-corrected chi connectivity index (χ0v) is 14.6. The monoisotopic (exact) mass is 352 g/mol. The van der Waals surface area contributed by atoms with Crippen LogP contribution in [0.2, 0.25) is 0 Å². The highest BCUT2D eigenvalue weighted by molar-refractivity contribution is 6.02. The largest absolute Gasteiger partial charge is 0.494 e. The molecule has 1 fully saturated rings. The second-order valence-electron chi connectivity index (χ2n) is 6.64. The molecule has 5 nitrogen and oxygen atoms in total. The molecule has 2 aromatic carbocycles. The van der Waals surface area contributed by atoms with Crippen LogP contribution in [0.5, 0.6) is 5.88 Å². The van der Waals surface area contributed by atoms with E-state index in [-0.39, 0.29) is 11.7 Å². The third kappa shape index (κ3) is 3.28. The topological polar surface area (TPSA) is 54.9 Å². The molecule has 0 radical (unpaired) electrons. The number of likely N-dealkylation sites (N-methyl/N-ethyl adjacent to an activating group) is 1. The first-order chi connectivity index (χ1) is 12.6. The summed E-state index contributed by atoms with van der Waals surface area (Å²) in [6.07, 6.45) is 1.57. The summed E-state index contributed by atoms with van der Waals surface area (Å²) in [5.74, 6) is -0.355. The molecule has 1 aromatic heterocycles. The first-order valence-electron chi connectivity index (χ1n) is 8.68. The van der Waals surface area contributed by atoms with E-state index >= 15 is 0 Å². The summed E-state index contributed by atoms with van der Waals surface area (Å²) in [6.45, 7) is 4.17. The Morgan fingerprint density at radius 2 is 1.81 bits per heavy atom. The number of nitrogens with one attached hydrogen (secondary N) is 1. The molecule has 0 saturated carbocycles. The van der Waals surface area contributed by atoms with Gasteiger partial charge in [0.2, 0.25) is 0 Å². The standard InChI is InChI=1S/C20H21FN4O/c1-24-8-10-25(11-9-24)16-5-3-15(4-6-16)22-13-18-17-12-14(21)2-7-19(17)23-20(18)26/h2-7,12-13,23,26H,8-11H2,1H3. The normalized spacial score (nSPS) is 16.0. The lowest BCUT2D eigenvalue weighted by Gasteiger charge is -2.34. The highest BCUT2D eigenvalue weighted by Gasteiger charge is 2.14. The van der Waals surface area contributed by atoms with Crippen molar-refractivity contribution in [2.45, 2.75) is 0 Å². The van der Waals surface area contributed by atoms with E-state index in [1.54, 1.807) is 12.3 Å². The maximum Gasteiger partial charge on any atom is 0.198 e. The van der Waals surface area contributed by atoms with Crippen molar-refractivity contribution in [3.8, 4) is 5.88 Å². The van der Waals surface area contributed by atoms with Crippen molar-refractivity contribution in [3.05, 3.63) is 53.8 Å². The Balaban J connectivity index is 1.54. The average Bonchev–Trinajstić information content (AvgIpc) is 2.96. The molecule has 0 unspecified atom stereocenters. The van der Waals surface area contributed by atoms with Gasteiger partial charge < -0.3 is 19.9 Å². The van der Waals surface area contributed by atoms with Crippen LogP contribution in [0.1, 0.15) is 5.56 Å². The van der Waals surface area contributed by atoms with Gasteiger partial charge >= 0.3 is 0 Å². The summed E-state index contributed by atoms with van der Waals surface area (Å²) >= 11 is 0. The maximum atomic E-state index is 13.5. The lowest BCUT2D eigenvalue weighted by molar-refractivity contribution is 0.313. The second kappa shape index (κ2) is 6.80. The fourth-order valence-electron chi connectivity index (χ4n) is 3.25. The molecule has 0 aliphatic carbocycles. The maximum absolute atomic E-state index is 13.5. The SMILES string of the molecule is CN1CCN(c2ccc(N=Cc3c(O)[nH]c4ccc(F)cc34)cc2)CC1. The van der Waals surface area contributed by atoms with Crippen molar-refractivity contribution in [1.82, 2.24) is 9.88 Å². The second-order valence-corrected chi connectivity index (χ2v) is 6.64. The Labute approximate surface area is 151 Å². The van der Waals surface area contributed by atoms with E-state index in [1.165, 1.54) is 17.8 Å². The highest BCUT2D eigenvalue weighted by Crippen LogP contribution is 2.27. The summed E-state index contributed by atoms with van der Waals surface area (Å²) in [4.78, 5) is 12.0. The molecule has 0 amide bonds. The van der Waals surface area contributed by atoms with Crippen molar-refractivity contribution < 1.29 is 9.50 Å². The van der Waals surface area contributed by atoms with E-state index in [2.05, 4.69) is 39.0 Å². The Morgan fingerprint density at radius 1 is 1.08 bits per heavy atom. The molecule has 2 heterocycles. The molecule has 1 aliphatic rings. The molecule has 0 bridgehead atoms. The number of fused-ring (bicyclic) bond motifs is 1. The van der Waals surface area contributed by atoms with Crippen molar-refractivity contribution in [1.29, 1.82) is 0 Å². The fourth-order valence-corrected chi connectivity index (χ4v) is 3.25. The molecule has 0 atom stereocenters. The lowest BCUT2D eigenvalue weighted by atomic mass is 10.2. The molecule has 1 saturated heterocycles. The van der Waals surface area contributed by atoms with Crippen LogP contribution >= 0.6 is 0 Å². The first-order valence-corrected chi connectivity index (χ1v) is 8.68. The lowest BCUT2D eigenvalue weighted by Crippen LogP contribution is -2.44. The summed E-state index contributed by atoms with van der Waals surface area (Å²) in [6, 6.07) is 12.4. The van der Waals surface area contributed by atoms with Gasteiger partial charge in [-0.15, -0.1) is 0 Å². The van der Waals surface area contributed by atoms with Crippen LogP contribution in [0, 0.1) is 5.82 Å². The van der Waals surface area contributed by atoms with Crippen LogP contribution in [0.15, 0.2) is 47.5 Å². The number of nitrogens with zero attached hydrogens (tertiary/aromatic N) is 3. The number of anilines is 1. The molecule has 134 valence electrons. The van der Waals surface area contributed by atoms with Crippen molar-refractivity contribution in [2.75, 3.05) is 38.1 Å². The van der Waals surface area contributed by atoms with Crippen LogP contribution in [-0.2, 0) is 0 Å². The smallest absolute Gasteiger partial charge is 0.198 e. The van der Waals surface area contributed by atoms with E-state index in [9.17, 15) is 9.50 Å². The van der Waals surface area contributed by atoms with E-state index in [0.717, 1.165) is 31.9 Å². The zero-order valence-electron chi connectivity index (χ0n) is 14.6.